The van der Waals surface area contributed by atoms with E-state index >= 15 is 0 Å². The van der Waals surface area contributed by atoms with Gasteiger partial charge >= 0.3 is 0 Å². The molecule has 0 spiro atoms. The maximum Gasteiger partial charge on any atom is 0.107 e. The molecule has 3 heteroatoms. The van der Waals surface area contributed by atoms with Crippen LogP contribution in [0, 0.1) is 6.92 Å². The molecular formula is C13H19N3. The first-order chi connectivity index (χ1) is 7.46. The molecule has 0 aliphatic rings. The first-order valence-corrected chi connectivity index (χ1v) is 5.69. The Morgan fingerprint density at radius 2 is 2.12 bits per heavy atom. The Morgan fingerprint density at radius 1 is 1.38 bits per heavy atom. The highest BCUT2D eigenvalue weighted by Gasteiger charge is 2.12. The number of hydrogen-bond donors (Lipinski definition) is 2. The number of benzene rings is 1. The van der Waals surface area contributed by atoms with Crippen LogP contribution in [0.2, 0.25) is 0 Å². The van der Waals surface area contributed by atoms with E-state index in [-0.39, 0.29) is 5.54 Å². The van der Waals surface area contributed by atoms with Gasteiger partial charge in [0.1, 0.15) is 5.82 Å². The average Bonchev–Trinajstić information content (AvgIpc) is 2.58. The lowest BCUT2D eigenvalue weighted by Crippen LogP contribution is -2.32. The SMILES string of the molecule is Cc1cccc2[nH]c(CCC(C)(C)N)nc12. The average molecular weight is 217 g/mol. The largest absolute Gasteiger partial charge is 0.342 e. The van der Waals surface area contributed by atoms with Gasteiger partial charge in [-0.3, -0.25) is 0 Å². The van der Waals surface area contributed by atoms with E-state index in [2.05, 4.69) is 29.0 Å². The summed E-state index contributed by atoms with van der Waals surface area (Å²) < 4.78 is 0. The molecule has 1 aromatic carbocycles. The zero-order valence-corrected chi connectivity index (χ0v) is 10.2. The number of para-hydroxylation sites is 1. The van der Waals surface area contributed by atoms with E-state index in [9.17, 15) is 0 Å². The van der Waals surface area contributed by atoms with Crippen LogP contribution in [0.4, 0.5) is 0 Å². The second-order valence-electron chi connectivity index (χ2n) is 5.14. The Bertz CT molecular complexity index is 491. The molecule has 0 saturated carbocycles. The number of H-pyrrole nitrogens is 1. The number of nitrogens with one attached hydrogen (secondary N) is 1. The van der Waals surface area contributed by atoms with E-state index in [0.717, 1.165) is 29.7 Å². The smallest absolute Gasteiger partial charge is 0.107 e. The van der Waals surface area contributed by atoms with Gasteiger partial charge in [0.25, 0.3) is 0 Å². The summed E-state index contributed by atoms with van der Waals surface area (Å²) in [4.78, 5) is 7.95. The molecule has 0 saturated heterocycles. The van der Waals surface area contributed by atoms with Gasteiger partial charge < -0.3 is 10.7 Å². The second-order valence-corrected chi connectivity index (χ2v) is 5.14. The fourth-order valence-corrected chi connectivity index (χ4v) is 1.79. The molecule has 0 aliphatic carbocycles. The Morgan fingerprint density at radius 3 is 2.75 bits per heavy atom. The third-order valence-corrected chi connectivity index (χ3v) is 2.77. The molecule has 2 aromatic rings. The molecule has 0 amide bonds. The van der Waals surface area contributed by atoms with Gasteiger partial charge in [-0.1, -0.05) is 12.1 Å². The van der Waals surface area contributed by atoms with Crippen molar-refractivity contribution in [3.05, 3.63) is 29.6 Å². The van der Waals surface area contributed by atoms with Crippen LogP contribution in [0.5, 0.6) is 0 Å². The van der Waals surface area contributed by atoms with Crippen molar-refractivity contribution >= 4 is 11.0 Å². The van der Waals surface area contributed by atoms with Crippen molar-refractivity contribution in [3.63, 3.8) is 0 Å². The van der Waals surface area contributed by atoms with Crippen molar-refractivity contribution in [2.45, 2.75) is 39.2 Å². The van der Waals surface area contributed by atoms with Crippen LogP contribution >= 0.6 is 0 Å². The van der Waals surface area contributed by atoms with Crippen LogP contribution in [0.3, 0.4) is 0 Å². The Hall–Kier alpha value is -1.35. The van der Waals surface area contributed by atoms with Crippen LogP contribution in [-0.2, 0) is 6.42 Å². The zero-order chi connectivity index (χ0) is 11.8. The number of rotatable bonds is 3. The summed E-state index contributed by atoms with van der Waals surface area (Å²) in [5.41, 5.74) is 9.24. The third kappa shape index (κ3) is 2.42. The highest BCUT2D eigenvalue weighted by Crippen LogP contribution is 2.17. The quantitative estimate of drug-likeness (QED) is 0.830. The Labute approximate surface area is 96.1 Å². The molecule has 16 heavy (non-hydrogen) atoms. The minimum absolute atomic E-state index is 0.131. The van der Waals surface area contributed by atoms with Crippen molar-refractivity contribution in [2.24, 2.45) is 5.73 Å². The molecule has 2 rings (SSSR count). The van der Waals surface area contributed by atoms with Gasteiger partial charge in [-0.05, 0) is 38.8 Å². The first kappa shape index (κ1) is 11.1. The molecule has 1 heterocycles. The van der Waals surface area contributed by atoms with Gasteiger partial charge in [0, 0.05) is 12.0 Å². The number of nitrogens with two attached hydrogens (primary N) is 1. The fraction of sp³-hybridized carbons (Fsp3) is 0.462. The van der Waals surface area contributed by atoms with E-state index in [1.54, 1.807) is 0 Å². The maximum absolute atomic E-state index is 5.97. The van der Waals surface area contributed by atoms with Crippen LogP contribution < -0.4 is 5.73 Å². The van der Waals surface area contributed by atoms with Crippen LogP contribution in [0.15, 0.2) is 18.2 Å². The summed E-state index contributed by atoms with van der Waals surface area (Å²) in [7, 11) is 0. The Kier molecular flexibility index (Phi) is 2.72. The summed E-state index contributed by atoms with van der Waals surface area (Å²) in [6, 6.07) is 6.19. The summed E-state index contributed by atoms with van der Waals surface area (Å²) in [6.45, 7) is 6.17. The van der Waals surface area contributed by atoms with Crippen molar-refractivity contribution in [1.82, 2.24) is 9.97 Å². The van der Waals surface area contributed by atoms with E-state index in [4.69, 9.17) is 5.73 Å². The molecule has 3 nitrogen and oxygen atoms in total. The zero-order valence-electron chi connectivity index (χ0n) is 10.2. The van der Waals surface area contributed by atoms with Gasteiger partial charge in [0.15, 0.2) is 0 Å². The second kappa shape index (κ2) is 3.91. The number of nitrogens with zero attached hydrogens (tertiary/aromatic N) is 1. The monoisotopic (exact) mass is 217 g/mol. The highest BCUT2D eigenvalue weighted by atomic mass is 14.9. The van der Waals surface area contributed by atoms with Crippen molar-refractivity contribution < 1.29 is 0 Å². The molecule has 86 valence electrons. The lowest BCUT2D eigenvalue weighted by atomic mass is 10.0. The minimum atomic E-state index is -0.131. The number of hydrogen-bond acceptors (Lipinski definition) is 2. The van der Waals surface area contributed by atoms with Gasteiger partial charge in [-0.2, -0.15) is 0 Å². The maximum atomic E-state index is 5.97. The molecule has 0 radical (unpaired) electrons. The molecule has 0 atom stereocenters. The van der Waals surface area contributed by atoms with Gasteiger partial charge in [-0.15, -0.1) is 0 Å². The fourth-order valence-electron chi connectivity index (χ4n) is 1.79. The van der Waals surface area contributed by atoms with Crippen LogP contribution in [0.25, 0.3) is 11.0 Å². The normalized spacial score (nSPS) is 12.2. The standard InChI is InChI=1S/C13H19N3/c1-9-5-4-6-10-12(9)16-11(15-10)7-8-13(2,3)14/h4-6H,7-8,14H2,1-3H3,(H,15,16). The van der Waals surface area contributed by atoms with Crippen LogP contribution in [0.1, 0.15) is 31.7 Å². The molecule has 0 aliphatic heterocycles. The van der Waals surface area contributed by atoms with Gasteiger partial charge in [0.2, 0.25) is 0 Å². The lowest BCUT2D eigenvalue weighted by molar-refractivity contribution is 0.472. The van der Waals surface area contributed by atoms with Crippen molar-refractivity contribution in [3.8, 4) is 0 Å². The summed E-state index contributed by atoms with van der Waals surface area (Å²) in [6.07, 6.45) is 1.84. The molecule has 0 unspecified atom stereocenters. The molecule has 1 aromatic heterocycles. The number of aryl methyl sites for hydroxylation is 2. The lowest BCUT2D eigenvalue weighted by Gasteiger charge is -2.16. The molecule has 3 N–H and O–H groups in total. The third-order valence-electron chi connectivity index (χ3n) is 2.77. The van der Waals surface area contributed by atoms with Crippen LogP contribution in [-0.4, -0.2) is 15.5 Å². The van der Waals surface area contributed by atoms with E-state index in [1.807, 2.05) is 19.9 Å². The van der Waals surface area contributed by atoms with E-state index in [0.29, 0.717) is 0 Å². The van der Waals surface area contributed by atoms with E-state index < -0.39 is 0 Å². The minimum Gasteiger partial charge on any atom is -0.342 e. The number of imidazole rings is 1. The molecule has 0 fully saturated rings. The first-order valence-electron chi connectivity index (χ1n) is 5.69. The predicted octanol–water partition coefficient (Wildman–Crippen LogP) is 2.54. The number of aromatic amines is 1. The number of fused-ring (bicyclic) bond motifs is 1. The van der Waals surface area contributed by atoms with E-state index in [1.165, 1.54) is 5.56 Å². The number of aromatic nitrogens is 2. The summed E-state index contributed by atoms with van der Waals surface area (Å²) in [5.74, 6) is 1.03. The summed E-state index contributed by atoms with van der Waals surface area (Å²) in [5, 5.41) is 0. The van der Waals surface area contributed by atoms with Gasteiger partial charge in [0.05, 0.1) is 11.0 Å². The molecular weight excluding hydrogens is 198 g/mol. The Balaban J connectivity index is 2.24. The predicted molar refractivity (Wildman–Crippen MR) is 67.4 cm³/mol. The van der Waals surface area contributed by atoms with Gasteiger partial charge in [-0.25, -0.2) is 4.98 Å². The van der Waals surface area contributed by atoms with Crippen molar-refractivity contribution in [2.75, 3.05) is 0 Å². The molecule has 0 bridgehead atoms. The van der Waals surface area contributed by atoms with Crippen molar-refractivity contribution in [1.29, 1.82) is 0 Å². The topological polar surface area (TPSA) is 54.7 Å². The highest BCUT2D eigenvalue weighted by molar-refractivity contribution is 5.78. The summed E-state index contributed by atoms with van der Waals surface area (Å²) >= 11 is 0.